The number of ether oxygens (including phenoxy) is 1. The van der Waals surface area contributed by atoms with Crippen molar-refractivity contribution in [3.63, 3.8) is 0 Å². The van der Waals surface area contributed by atoms with Gasteiger partial charge in [0.05, 0.1) is 6.61 Å². The zero-order valence-corrected chi connectivity index (χ0v) is 12.2. The Morgan fingerprint density at radius 2 is 1.53 bits per heavy atom. The van der Waals surface area contributed by atoms with Crippen molar-refractivity contribution in [2.75, 3.05) is 53.0 Å². The quantitative estimate of drug-likeness (QED) is 0.680. The van der Waals surface area contributed by atoms with Crippen molar-refractivity contribution in [2.45, 2.75) is 33.6 Å². The van der Waals surface area contributed by atoms with Gasteiger partial charge in [0.25, 0.3) is 0 Å². The first-order chi connectivity index (χ1) is 8.07. The molecule has 0 aromatic carbocycles. The lowest BCUT2D eigenvalue weighted by Crippen LogP contribution is -2.47. The van der Waals surface area contributed by atoms with Crippen molar-refractivity contribution in [1.29, 1.82) is 0 Å². The van der Waals surface area contributed by atoms with Crippen LogP contribution in [0, 0.1) is 5.41 Å². The highest BCUT2D eigenvalue weighted by Crippen LogP contribution is 2.24. The molecule has 3 nitrogen and oxygen atoms in total. The zero-order valence-electron chi connectivity index (χ0n) is 12.2. The molecule has 3 heteroatoms. The van der Waals surface area contributed by atoms with E-state index >= 15 is 0 Å². The van der Waals surface area contributed by atoms with Gasteiger partial charge in [-0.05, 0) is 18.4 Å². The van der Waals surface area contributed by atoms with E-state index in [2.05, 4.69) is 30.6 Å². The largest absolute Gasteiger partial charge is 0.383 e. The van der Waals surface area contributed by atoms with Crippen LogP contribution in [-0.2, 0) is 4.74 Å². The smallest absolute Gasteiger partial charge is 0.0589 e. The van der Waals surface area contributed by atoms with Gasteiger partial charge in [-0.2, -0.15) is 0 Å². The molecule has 0 N–H and O–H groups in total. The van der Waals surface area contributed by atoms with Gasteiger partial charge in [0.15, 0.2) is 0 Å². The molecule has 1 rings (SSSR count). The number of rotatable bonds is 7. The topological polar surface area (TPSA) is 15.7 Å². The summed E-state index contributed by atoms with van der Waals surface area (Å²) in [6, 6.07) is 0. The molecule has 17 heavy (non-hydrogen) atoms. The van der Waals surface area contributed by atoms with Gasteiger partial charge in [0, 0.05) is 39.8 Å². The third kappa shape index (κ3) is 5.84. The van der Waals surface area contributed by atoms with Crippen LogP contribution >= 0.6 is 0 Å². The van der Waals surface area contributed by atoms with Crippen LogP contribution in [0.2, 0.25) is 0 Å². The number of methoxy groups -OCH3 is 1. The Morgan fingerprint density at radius 3 is 2.00 bits per heavy atom. The van der Waals surface area contributed by atoms with Crippen molar-refractivity contribution in [3.8, 4) is 0 Å². The first-order valence-corrected chi connectivity index (χ1v) is 7.01. The van der Waals surface area contributed by atoms with Gasteiger partial charge in [-0.25, -0.2) is 0 Å². The molecule has 0 spiro atoms. The lowest BCUT2D eigenvalue weighted by Gasteiger charge is -2.36. The van der Waals surface area contributed by atoms with Crippen LogP contribution < -0.4 is 0 Å². The Labute approximate surface area is 107 Å². The summed E-state index contributed by atoms with van der Waals surface area (Å²) in [4.78, 5) is 5.12. The Morgan fingerprint density at radius 1 is 1.00 bits per heavy atom. The Hall–Kier alpha value is -0.120. The summed E-state index contributed by atoms with van der Waals surface area (Å²) in [6.07, 6.45) is 2.60. The minimum Gasteiger partial charge on any atom is -0.383 e. The molecule has 102 valence electrons. The average molecular weight is 242 g/mol. The highest BCUT2D eigenvalue weighted by Gasteiger charge is 2.20. The minimum absolute atomic E-state index is 0.507. The molecule has 0 aliphatic carbocycles. The summed E-state index contributed by atoms with van der Waals surface area (Å²) in [6.45, 7) is 15.1. The van der Waals surface area contributed by atoms with Crippen LogP contribution in [0.5, 0.6) is 0 Å². The number of hydrogen-bond donors (Lipinski definition) is 0. The fourth-order valence-corrected chi connectivity index (χ4v) is 2.09. The number of nitrogens with zero attached hydrogens (tertiary/aromatic N) is 2. The van der Waals surface area contributed by atoms with E-state index in [1.54, 1.807) is 7.11 Å². The third-order valence-corrected chi connectivity index (χ3v) is 4.14. The van der Waals surface area contributed by atoms with Gasteiger partial charge >= 0.3 is 0 Å². The highest BCUT2D eigenvalue weighted by atomic mass is 16.5. The Kier molecular flexibility index (Phi) is 6.45. The lowest BCUT2D eigenvalue weighted by atomic mass is 9.86. The average Bonchev–Trinajstić information content (AvgIpc) is 2.35. The van der Waals surface area contributed by atoms with Crippen LogP contribution in [0.25, 0.3) is 0 Å². The molecule has 1 aliphatic rings. The molecule has 0 atom stereocenters. The highest BCUT2D eigenvalue weighted by molar-refractivity contribution is 4.75. The van der Waals surface area contributed by atoms with Crippen LogP contribution in [0.1, 0.15) is 33.6 Å². The van der Waals surface area contributed by atoms with Crippen molar-refractivity contribution in [3.05, 3.63) is 0 Å². The standard InChI is InChI=1S/C14H30N2O/c1-5-14(2,3)6-7-15-8-10-16(11-9-15)12-13-17-4/h5-13H2,1-4H3. The van der Waals surface area contributed by atoms with Crippen molar-refractivity contribution in [1.82, 2.24) is 9.80 Å². The van der Waals surface area contributed by atoms with Gasteiger partial charge in [-0.3, -0.25) is 4.90 Å². The van der Waals surface area contributed by atoms with Gasteiger partial charge < -0.3 is 9.64 Å². The zero-order chi connectivity index (χ0) is 12.7. The molecule has 0 bridgehead atoms. The minimum atomic E-state index is 0.507. The summed E-state index contributed by atoms with van der Waals surface area (Å²) in [5.41, 5.74) is 0.507. The van der Waals surface area contributed by atoms with E-state index < -0.39 is 0 Å². The van der Waals surface area contributed by atoms with Crippen LogP contribution in [0.4, 0.5) is 0 Å². The SMILES string of the molecule is CCC(C)(C)CCN1CCN(CCOC)CC1. The Bertz CT molecular complexity index is 198. The van der Waals surface area contributed by atoms with Gasteiger partial charge in [0.1, 0.15) is 0 Å². The van der Waals surface area contributed by atoms with Crippen LogP contribution in [0.15, 0.2) is 0 Å². The van der Waals surface area contributed by atoms with Gasteiger partial charge in [0.2, 0.25) is 0 Å². The van der Waals surface area contributed by atoms with E-state index in [4.69, 9.17) is 4.74 Å². The summed E-state index contributed by atoms with van der Waals surface area (Å²) in [5, 5.41) is 0. The first kappa shape index (κ1) is 14.9. The normalized spacial score (nSPS) is 19.8. The maximum Gasteiger partial charge on any atom is 0.0589 e. The van der Waals surface area contributed by atoms with E-state index in [1.165, 1.54) is 45.6 Å². The number of hydrogen-bond acceptors (Lipinski definition) is 3. The molecular formula is C14H30N2O. The fraction of sp³-hybridized carbons (Fsp3) is 1.00. The van der Waals surface area contributed by atoms with E-state index in [1.807, 2.05) is 0 Å². The van der Waals surface area contributed by atoms with Gasteiger partial charge in [-0.15, -0.1) is 0 Å². The molecule has 0 unspecified atom stereocenters. The summed E-state index contributed by atoms with van der Waals surface area (Å²) in [5.74, 6) is 0. The molecule has 1 aliphatic heterocycles. The maximum absolute atomic E-state index is 5.12. The van der Waals surface area contributed by atoms with Crippen LogP contribution in [0.3, 0.4) is 0 Å². The van der Waals surface area contributed by atoms with Crippen molar-refractivity contribution < 1.29 is 4.74 Å². The maximum atomic E-state index is 5.12. The van der Waals surface area contributed by atoms with Crippen molar-refractivity contribution >= 4 is 0 Å². The molecule has 1 saturated heterocycles. The summed E-state index contributed by atoms with van der Waals surface area (Å²) < 4.78 is 5.12. The molecule has 0 amide bonds. The first-order valence-electron chi connectivity index (χ1n) is 7.01. The number of piperazine rings is 1. The predicted octanol–water partition coefficient (Wildman–Crippen LogP) is 2.08. The molecule has 0 aromatic rings. The van der Waals surface area contributed by atoms with Crippen molar-refractivity contribution in [2.24, 2.45) is 5.41 Å². The van der Waals surface area contributed by atoms with E-state index in [0.717, 1.165) is 13.2 Å². The summed E-state index contributed by atoms with van der Waals surface area (Å²) in [7, 11) is 1.78. The molecule has 0 radical (unpaired) electrons. The predicted molar refractivity (Wildman–Crippen MR) is 73.4 cm³/mol. The molecule has 1 fully saturated rings. The lowest BCUT2D eigenvalue weighted by molar-refractivity contribution is 0.0900. The second kappa shape index (κ2) is 7.34. The molecule has 0 aromatic heterocycles. The monoisotopic (exact) mass is 242 g/mol. The summed E-state index contributed by atoms with van der Waals surface area (Å²) >= 11 is 0. The second-order valence-corrected chi connectivity index (χ2v) is 5.94. The molecule has 0 saturated carbocycles. The molecule has 1 heterocycles. The van der Waals surface area contributed by atoms with Gasteiger partial charge in [-0.1, -0.05) is 27.2 Å². The van der Waals surface area contributed by atoms with E-state index in [-0.39, 0.29) is 0 Å². The van der Waals surface area contributed by atoms with E-state index in [0.29, 0.717) is 5.41 Å². The van der Waals surface area contributed by atoms with Crippen LogP contribution in [-0.4, -0.2) is 62.8 Å². The fourth-order valence-electron chi connectivity index (χ4n) is 2.09. The second-order valence-electron chi connectivity index (χ2n) is 5.94. The Balaban J connectivity index is 2.15. The van der Waals surface area contributed by atoms with E-state index in [9.17, 15) is 0 Å². The third-order valence-electron chi connectivity index (χ3n) is 4.14. The molecular weight excluding hydrogens is 212 g/mol.